The second kappa shape index (κ2) is 7.28. The second-order valence-corrected chi connectivity index (χ2v) is 6.00. The van der Waals surface area contributed by atoms with Gasteiger partial charge in [0.2, 0.25) is 0 Å². The minimum atomic E-state index is -0.256. The number of nitrogens with one attached hydrogen (secondary N) is 1. The Balaban J connectivity index is 1.42. The number of fused-ring (bicyclic) bond motifs is 1. The summed E-state index contributed by atoms with van der Waals surface area (Å²) in [6, 6.07) is 11.1. The van der Waals surface area contributed by atoms with E-state index in [9.17, 15) is 4.79 Å². The van der Waals surface area contributed by atoms with Gasteiger partial charge in [0.25, 0.3) is 5.91 Å². The van der Waals surface area contributed by atoms with Crippen LogP contribution >= 0.6 is 0 Å². The van der Waals surface area contributed by atoms with Gasteiger partial charge in [0.05, 0.1) is 6.54 Å². The van der Waals surface area contributed by atoms with Crippen LogP contribution < -0.4 is 4.74 Å². The first kappa shape index (κ1) is 16.8. The normalized spacial score (nSPS) is 10.9. The maximum atomic E-state index is 12.4. The number of carbonyl (C=O) groups is 1. The van der Waals surface area contributed by atoms with E-state index in [4.69, 9.17) is 9.26 Å². The summed E-state index contributed by atoms with van der Waals surface area (Å²) in [6.07, 6.45) is 5.07. The topological polar surface area (TPSA) is 97.1 Å². The highest BCUT2D eigenvalue weighted by atomic mass is 16.5. The van der Waals surface area contributed by atoms with E-state index in [0.29, 0.717) is 23.9 Å². The van der Waals surface area contributed by atoms with Crippen LogP contribution in [0.5, 0.6) is 5.75 Å². The molecule has 136 valence electrons. The third-order valence-corrected chi connectivity index (χ3v) is 4.03. The van der Waals surface area contributed by atoms with E-state index in [1.807, 2.05) is 30.3 Å². The molecule has 4 rings (SSSR count). The quantitative estimate of drug-likeness (QED) is 0.566. The van der Waals surface area contributed by atoms with Gasteiger partial charge in [-0.1, -0.05) is 23.4 Å². The summed E-state index contributed by atoms with van der Waals surface area (Å²) in [4.78, 5) is 25.4. The Bertz CT molecular complexity index is 1050. The molecule has 27 heavy (non-hydrogen) atoms. The summed E-state index contributed by atoms with van der Waals surface area (Å²) >= 11 is 0. The summed E-state index contributed by atoms with van der Waals surface area (Å²) in [5.74, 6) is 1.54. The predicted molar refractivity (Wildman–Crippen MR) is 97.0 cm³/mol. The van der Waals surface area contributed by atoms with Crippen molar-refractivity contribution < 1.29 is 14.1 Å². The van der Waals surface area contributed by atoms with Crippen LogP contribution in [-0.2, 0) is 13.2 Å². The van der Waals surface area contributed by atoms with Crippen LogP contribution in [0.25, 0.3) is 10.9 Å². The van der Waals surface area contributed by atoms with Crippen molar-refractivity contribution in [1.82, 2.24) is 25.0 Å². The molecule has 0 aliphatic rings. The van der Waals surface area contributed by atoms with Crippen LogP contribution in [0.4, 0.5) is 0 Å². The molecule has 3 heterocycles. The van der Waals surface area contributed by atoms with Gasteiger partial charge in [0, 0.05) is 37.1 Å². The molecule has 1 amide bonds. The Morgan fingerprint density at radius 2 is 2.11 bits per heavy atom. The SMILES string of the molecule is CN(Cc1ncc[nH]1)C(=O)c1cc(COc2cccc3cccnc23)on1. The van der Waals surface area contributed by atoms with Crippen molar-refractivity contribution in [2.45, 2.75) is 13.2 Å². The molecule has 8 heteroatoms. The van der Waals surface area contributed by atoms with Crippen molar-refractivity contribution >= 4 is 16.8 Å². The van der Waals surface area contributed by atoms with Crippen molar-refractivity contribution in [3.05, 3.63) is 72.3 Å². The van der Waals surface area contributed by atoms with Crippen molar-refractivity contribution in [2.24, 2.45) is 0 Å². The Morgan fingerprint density at radius 3 is 2.96 bits per heavy atom. The number of rotatable bonds is 6. The number of para-hydroxylation sites is 1. The number of H-pyrrole nitrogens is 1. The van der Waals surface area contributed by atoms with Gasteiger partial charge < -0.3 is 19.1 Å². The number of hydrogen-bond donors (Lipinski definition) is 1. The van der Waals surface area contributed by atoms with Gasteiger partial charge in [-0.05, 0) is 12.1 Å². The lowest BCUT2D eigenvalue weighted by Gasteiger charge is -2.13. The standard InChI is InChI=1S/C19H17N5O3/c1-24(11-17-20-8-9-21-17)19(25)15-10-14(27-23-15)12-26-16-6-2-4-13-5-3-7-22-18(13)16/h2-10H,11-12H2,1H3,(H,20,21). The summed E-state index contributed by atoms with van der Waals surface area (Å²) in [6.45, 7) is 0.504. The lowest BCUT2D eigenvalue weighted by molar-refractivity contribution is 0.0771. The molecule has 0 radical (unpaired) electrons. The summed E-state index contributed by atoms with van der Waals surface area (Å²) in [5.41, 5.74) is 0.993. The fourth-order valence-electron chi connectivity index (χ4n) is 2.70. The predicted octanol–water partition coefficient (Wildman–Crippen LogP) is 2.80. The van der Waals surface area contributed by atoms with E-state index in [1.54, 1.807) is 31.7 Å². The van der Waals surface area contributed by atoms with Crippen molar-refractivity contribution in [3.63, 3.8) is 0 Å². The molecule has 0 saturated carbocycles. The average Bonchev–Trinajstić information content (AvgIpc) is 3.37. The molecule has 4 aromatic rings. The third-order valence-electron chi connectivity index (χ3n) is 4.03. The monoisotopic (exact) mass is 363 g/mol. The Morgan fingerprint density at radius 1 is 1.22 bits per heavy atom. The summed E-state index contributed by atoms with van der Waals surface area (Å²) in [7, 11) is 1.68. The molecule has 1 N–H and O–H groups in total. The van der Waals surface area contributed by atoms with E-state index < -0.39 is 0 Å². The molecule has 0 bridgehead atoms. The van der Waals surface area contributed by atoms with E-state index in [2.05, 4.69) is 20.1 Å². The molecule has 0 aliphatic heterocycles. The molecule has 0 saturated heterocycles. The zero-order valence-electron chi connectivity index (χ0n) is 14.6. The fourth-order valence-corrected chi connectivity index (χ4v) is 2.70. The van der Waals surface area contributed by atoms with Crippen LogP contribution in [0.1, 0.15) is 22.1 Å². The van der Waals surface area contributed by atoms with Crippen LogP contribution in [0.3, 0.4) is 0 Å². The lowest BCUT2D eigenvalue weighted by atomic mass is 10.2. The van der Waals surface area contributed by atoms with Gasteiger partial charge in [-0.25, -0.2) is 4.98 Å². The number of nitrogens with zero attached hydrogens (tertiary/aromatic N) is 4. The highest BCUT2D eigenvalue weighted by Gasteiger charge is 2.18. The smallest absolute Gasteiger partial charge is 0.276 e. The number of ether oxygens (including phenoxy) is 1. The molecule has 3 aromatic heterocycles. The Labute approximate surface area is 154 Å². The molecule has 0 spiro atoms. The molecule has 0 aliphatic carbocycles. The van der Waals surface area contributed by atoms with E-state index in [-0.39, 0.29) is 18.2 Å². The van der Waals surface area contributed by atoms with E-state index >= 15 is 0 Å². The highest BCUT2D eigenvalue weighted by molar-refractivity contribution is 5.92. The van der Waals surface area contributed by atoms with Crippen molar-refractivity contribution in [1.29, 1.82) is 0 Å². The van der Waals surface area contributed by atoms with Gasteiger partial charge >= 0.3 is 0 Å². The molecule has 0 atom stereocenters. The number of aromatic nitrogens is 4. The minimum absolute atomic E-state index is 0.151. The number of hydrogen-bond acceptors (Lipinski definition) is 6. The second-order valence-electron chi connectivity index (χ2n) is 6.00. The van der Waals surface area contributed by atoms with Gasteiger partial charge in [-0.3, -0.25) is 9.78 Å². The van der Waals surface area contributed by atoms with E-state index in [0.717, 1.165) is 10.9 Å². The maximum absolute atomic E-state index is 12.4. The lowest BCUT2D eigenvalue weighted by Crippen LogP contribution is -2.26. The zero-order chi connectivity index (χ0) is 18.6. The number of aromatic amines is 1. The van der Waals surface area contributed by atoms with Gasteiger partial charge in [0.15, 0.2) is 11.5 Å². The summed E-state index contributed by atoms with van der Waals surface area (Å²) < 4.78 is 11.0. The van der Waals surface area contributed by atoms with Gasteiger partial charge in [-0.2, -0.15) is 0 Å². The van der Waals surface area contributed by atoms with Gasteiger partial charge in [0.1, 0.15) is 23.7 Å². The number of imidazole rings is 1. The molecular weight excluding hydrogens is 346 g/mol. The van der Waals surface area contributed by atoms with Crippen LogP contribution in [0.2, 0.25) is 0 Å². The molecular formula is C19H17N5O3. The largest absolute Gasteiger partial charge is 0.483 e. The number of carbonyl (C=O) groups excluding carboxylic acids is 1. The number of pyridine rings is 1. The van der Waals surface area contributed by atoms with Crippen LogP contribution in [0.15, 0.2) is 59.5 Å². The number of benzene rings is 1. The van der Waals surface area contributed by atoms with Crippen molar-refractivity contribution in [2.75, 3.05) is 7.05 Å². The Kier molecular flexibility index (Phi) is 4.52. The first-order chi connectivity index (χ1) is 13.2. The van der Waals surface area contributed by atoms with Crippen molar-refractivity contribution in [3.8, 4) is 5.75 Å². The molecule has 8 nitrogen and oxygen atoms in total. The maximum Gasteiger partial charge on any atom is 0.276 e. The fraction of sp³-hybridized carbons (Fsp3) is 0.158. The van der Waals surface area contributed by atoms with E-state index in [1.165, 1.54) is 4.90 Å². The average molecular weight is 363 g/mol. The molecule has 0 fully saturated rings. The first-order valence-corrected chi connectivity index (χ1v) is 8.36. The van der Waals surface area contributed by atoms with Crippen LogP contribution in [-0.4, -0.2) is 38.0 Å². The van der Waals surface area contributed by atoms with Gasteiger partial charge in [-0.15, -0.1) is 0 Å². The third kappa shape index (κ3) is 3.64. The first-order valence-electron chi connectivity index (χ1n) is 8.36. The highest BCUT2D eigenvalue weighted by Crippen LogP contribution is 2.24. The zero-order valence-corrected chi connectivity index (χ0v) is 14.6. The van der Waals surface area contributed by atoms with Crippen LogP contribution in [0, 0.1) is 0 Å². The molecule has 1 aromatic carbocycles. The summed E-state index contributed by atoms with van der Waals surface area (Å²) in [5, 5.41) is 4.84. The number of amides is 1. The molecule has 0 unspecified atom stereocenters. The minimum Gasteiger partial charge on any atom is -0.483 e. The Hall–Kier alpha value is -3.68.